The third-order valence-corrected chi connectivity index (χ3v) is 6.95. The Labute approximate surface area is 213 Å². The van der Waals surface area contributed by atoms with Crippen LogP contribution >= 0.6 is 11.3 Å². The fourth-order valence-corrected chi connectivity index (χ4v) is 5.18. The van der Waals surface area contributed by atoms with Crippen LogP contribution in [0, 0.1) is 0 Å². The molecular weight excluding hydrogens is 478 g/mol. The number of methoxy groups -OCH3 is 2. The van der Waals surface area contributed by atoms with Crippen molar-refractivity contribution in [3.63, 3.8) is 0 Å². The molecule has 0 fully saturated rings. The lowest BCUT2D eigenvalue weighted by Crippen LogP contribution is -2.40. The molecule has 1 atom stereocenters. The summed E-state index contributed by atoms with van der Waals surface area (Å²) in [4.78, 5) is 33.9. The van der Waals surface area contributed by atoms with Crippen molar-refractivity contribution in [1.82, 2.24) is 4.57 Å². The Bertz CT molecular complexity index is 1500. The van der Waals surface area contributed by atoms with E-state index < -0.39 is 12.0 Å². The molecule has 0 saturated heterocycles. The van der Waals surface area contributed by atoms with Crippen LogP contribution < -0.4 is 29.3 Å². The summed E-state index contributed by atoms with van der Waals surface area (Å²) in [7, 11) is 7.07. The average Bonchev–Trinajstić information content (AvgIpc) is 3.17. The lowest BCUT2D eigenvalue weighted by Gasteiger charge is -2.25. The summed E-state index contributed by atoms with van der Waals surface area (Å²) >= 11 is 1.27. The first kappa shape index (κ1) is 25.2. The molecule has 1 aliphatic rings. The molecule has 0 spiro atoms. The van der Waals surface area contributed by atoms with Gasteiger partial charge in [-0.2, -0.15) is 0 Å². The summed E-state index contributed by atoms with van der Waals surface area (Å²) in [6.45, 7) is 3.76. The molecule has 36 heavy (non-hydrogen) atoms. The largest absolute Gasteiger partial charge is 0.497 e. The van der Waals surface area contributed by atoms with E-state index in [4.69, 9.17) is 14.2 Å². The smallest absolute Gasteiger partial charge is 0.338 e. The fourth-order valence-electron chi connectivity index (χ4n) is 4.14. The van der Waals surface area contributed by atoms with Gasteiger partial charge in [-0.15, -0.1) is 0 Å². The quantitative estimate of drug-likeness (QED) is 0.458. The Balaban J connectivity index is 1.93. The number of allylic oxidation sites excluding steroid dienone is 1. The number of carbonyl (C=O) groups excluding carboxylic acids is 1. The molecule has 2 heterocycles. The van der Waals surface area contributed by atoms with Gasteiger partial charge in [0.05, 0.1) is 42.7 Å². The zero-order valence-corrected chi connectivity index (χ0v) is 22.0. The Morgan fingerprint density at radius 1 is 1.14 bits per heavy atom. The molecule has 1 unspecified atom stereocenters. The van der Waals surface area contributed by atoms with E-state index in [0.29, 0.717) is 32.1 Å². The fraction of sp³-hybridized carbons (Fsp3) is 0.296. The molecular formula is C27H29N3O5S. The predicted molar refractivity (Wildman–Crippen MR) is 141 cm³/mol. The summed E-state index contributed by atoms with van der Waals surface area (Å²) in [5.74, 6) is 0.757. The van der Waals surface area contributed by atoms with E-state index in [9.17, 15) is 9.59 Å². The first-order chi connectivity index (χ1) is 17.3. The van der Waals surface area contributed by atoms with Crippen LogP contribution in [0.1, 0.15) is 31.0 Å². The van der Waals surface area contributed by atoms with Crippen molar-refractivity contribution in [1.29, 1.82) is 0 Å². The number of anilines is 1. The van der Waals surface area contributed by atoms with Gasteiger partial charge in [-0.3, -0.25) is 9.36 Å². The van der Waals surface area contributed by atoms with Crippen LogP contribution in [0.15, 0.2) is 63.5 Å². The maximum Gasteiger partial charge on any atom is 0.338 e. The minimum absolute atomic E-state index is 0.226. The van der Waals surface area contributed by atoms with Crippen LogP contribution in [0.2, 0.25) is 0 Å². The van der Waals surface area contributed by atoms with Crippen molar-refractivity contribution in [3.05, 3.63) is 84.5 Å². The van der Waals surface area contributed by atoms with Crippen molar-refractivity contribution in [2.24, 2.45) is 4.99 Å². The molecule has 8 nitrogen and oxygen atoms in total. The minimum atomic E-state index is -0.656. The molecule has 0 radical (unpaired) electrons. The van der Waals surface area contributed by atoms with Crippen molar-refractivity contribution >= 4 is 29.1 Å². The predicted octanol–water partition coefficient (Wildman–Crippen LogP) is 2.88. The molecule has 0 amide bonds. The van der Waals surface area contributed by atoms with Gasteiger partial charge in [0.2, 0.25) is 0 Å². The lowest BCUT2D eigenvalue weighted by atomic mass is 9.95. The molecule has 0 N–H and O–H groups in total. The van der Waals surface area contributed by atoms with Gasteiger partial charge in [0.15, 0.2) is 4.80 Å². The first-order valence-corrected chi connectivity index (χ1v) is 12.3. The Morgan fingerprint density at radius 2 is 1.86 bits per heavy atom. The zero-order chi connectivity index (χ0) is 26.0. The summed E-state index contributed by atoms with van der Waals surface area (Å²) in [6.07, 6.45) is 1.78. The lowest BCUT2D eigenvalue weighted by molar-refractivity contribution is -0.139. The van der Waals surface area contributed by atoms with Crippen LogP contribution in [0.4, 0.5) is 5.69 Å². The normalized spacial score (nSPS) is 15.3. The van der Waals surface area contributed by atoms with E-state index >= 15 is 0 Å². The molecule has 9 heteroatoms. The van der Waals surface area contributed by atoms with Gasteiger partial charge in [-0.05, 0) is 49.8 Å². The average molecular weight is 508 g/mol. The van der Waals surface area contributed by atoms with Crippen LogP contribution in [0.25, 0.3) is 6.08 Å². The molecule has 188 valence electrons. The number of ether oxygens (including phenoxy) is 3. The molecule has 3 aromatic rings. The Morgan fingerprint density at radius 3 is 2.47 bits per heavy atom. The second kappa shape index (κ2) is 10.4. The van der Waals surface area contributed by atoms with Crippen LogP contribution in [-0.4, -0.2) is 45.5 Å². The number of thiazole rings is 1. The zero-order valence-electron chi connectivity index (χ0n) is 21.2. The molecule has 0 aliphatic carbocycles. The van der Waals surface area contributed by atoms with Gasteiger partial charge in [0, 0.05) is 31.4 Å². The third kappa shape index (κ3) is 4.66. The summed E-state index contributed by atoms with van der Waals surface area (Å²) < 4.78 is 18.2. The van der Waals surface area contributed by atoms with Gasteiger partial charge in [0.25, 0.3) is 5.56 Å². The van der Waals surface area contributed by atoms with Gasteiger partial charge in [-0.1, -0.05) is 23.5 Å². The highest BCUT2D eigenvalue weighted by Crippen LogP contribution is 2.32. The number of fused-ring (bicyclic) bond motifs is 1. The van der Waals surface area contributed by atoms with Crippen LogP contribution in [0.5, 0.6) is 11.5 Å². The van der Waals surface area contributed by atoms with Gasteiger partial charge >= 0.3 is 5.97 Å². The van der Waals surface area contributed by atoms with E-state index in [1.165, 1.54) is 11.3 Å². The topological polar surface area (TPSA) is 82.4 Å². The highest BCUT2D eigenvalue weighted by atomic mass is 32.1. The number of esters is 1. The molecule has 2 aromatic carbocycles. The third-order valence-electron chi connectivity index (χ3n) is 5.97. The summed E-state index contributed by atoms with van der Waals surface area (Å²) in [5.41, 5.74) is 3.19. The Kier molecular flexibility index (Phi) is 7.30. The standard InChI is InChI=1S/C27H29N3O5S/c1-7-35-26(32)23-16(2)28-27-30(24(23)17-8-11-19(12-9-17)29(3)4)25(31)22(36-27)14-18-10-13-20(33-5)15-21(18)34-6/h8-15,24H,7H2,1-6H3/b22-14+. The number of benzene rings is 2. The van der Waals surface area contributed by atoms with E-state index in [0.717, 1.165) is 16.8 Å². The number of hydrogen-bond donors (Lipinski definition) is 0. The van der Waals surface area contributed by atoms with Gasteiger partial charge < -0.3 is 19.1 Å². The number of carbonyl (C=O) groups is 1. The minimum Gasteiger partial charge on any atom is -0.497 e. The molecule has 1 aliphatic heterocycles. The van der Waals surface area contributed by atoms with Crippen molar-refractivity contribution in [2.45, 2.75) is 19.9 Å². The van der Waals surface area contributed by atoms with E-state index in [-0.39, 0.29) is 12.2 Å². The molecule has 0 saturated carbocycles. The van der Waals surface area contributed by atoms with Gasteiger partial charge in [-0.25, -0.2) is 9.79 Å². The van der Waals surface area contributed by atoms with Crippen molar-refractivity contribution in [2.75, 3.05) is 39.8 Å². The molecule has 1 aromatic heterocycles. The summed E-state index contributed by atoms with van der Waals surface area (Å²) in [6, 6.07) is 12.5. The molecule has 4 rings (SSSR count). The van der Waals surface area contributed by atoms with E-state index in [1.807, 2.05) is 55.4 Å². The first-order valence-electron chi connectivity index (χ1n) is 11.5. The second-order valence-corrected chi connectivity index (χ2v) is 9.41. The van der Waals surface area contributed by atoms with E-state index in [1.54, 1.807) is 44.8 Å². The highest BCUT2D eigenvalue weighted by Gasteiger charge is 2.33. The SMILES string of the molecule is CCOC(=O)C1=C(C)N=c2s/c(=C/c3ccc(OC)cc3OC)c(=O)n2C1c1ccc(N(C)C)cc1. The van der Waals surface area contributed by atoms with Crippen LogP contribution in [0.3, 0.4) is 0 Å². The Hall–Kier alpha value is -3.85. The maximum atomic E-state index is 13.8. The second-order valence-electron chi connectivity index (χ2n) is 8.40. The summed E-state index contributed by atoms with van der Waals surface area (Å²) in [5, 5.41) is 0. The van der Waals surface area contributed by atoms with Gasteiger partial charge in [0.1, 0.15) is 11.5 Å². The highest BCUT2D eigenvalue weighted by molar-refractivity contribution is 7.07. The maximum absolute atomic E-state index is 13.8. The van der Waals surface area contributed by atoms with E-state index in [2.05, 4.69) is 4.99 Å². The number of hydrogen-bond acceptors (Lipinski definition) is 8. The van der Waals surface area contributed by atoms with Crippen molar-refractivity contribution < 1.29 is 19.0 Å². The molecule has 0 bridgehead atoms. The monoisotopic (exact) mass is 507 g/mol. The number of aromatic nitrogens is 1. The van der Waals surface area contributed by atoms with Crippen LogP contribution in [-0.2, 0) is 9.53 Å². The number of nitrogens with zero attached hydrogens (tertiary/aromatic N) is 3. The number of rotatable bonds is 7. The van der Waals surface area contributed by atoms with Crippen molar-refractivity contribution in [3.8, 4) is 11.5 Å².